The number of carbonyl (C=O) groups is 1. The zero-order chi connectivity index (χ0) is 16.5. The van der Waals surface area contributed by atoms with Crippen LogP contribution in [0.4, 0.5) is 4.39 Å². The van der Waals surface area contributed by atoms with Gasteiger partial charge in [0, 0.05) is 13.0 Å². The average molecular weight is 312 g/mol. The van der Waals surface area contributed by atoms with E-state index in [1.807, 2.05) is 6.07 Å². The van der Waals surface area contributed by atoms with E-state index in [0.717, 1.165) is 5.56 Å². The van der Waals surface area contributed by atoms with Gasteiger partial charge >= 0.3 is 0 Å². The van der Waals surface area contributed by atoms with Gasteiger partial charge in [-0.1, -0.05) is 24.3 Å². The van der Waals surface area contributed by atoms with Crippen molar-refractivity contribution in [3.63, 3.8) is 0 Å². The largest absolute Gasteiger partial charge is 0.491 e. The monoisotopic (exact) mass is 312 g/mol. The number of ether oxygens (including phenoxy) is 1. The molecule has 0 saturated carbocycles. The molecule has 4 nitrogen and oxygen atoms in total. The summed E-state index contributed by atoms with van der Waals surface area (Å²) in [7, 11) is 0. The minimum atomic E-state index is -0.405. The Morgan fingerprint density at radius 3 is 2.61 bits per heavy atom. The van der Waals surface area contributed by atoms with Crippen LogP contribution in [-0.2, 0) is 11.3 Å². The van der Waals surface area contributed by atoms with Gasteiger partial charge in [-0.3, -0.25) is 4.79 Å². The van der Waals surface area contributed by atoms with Gasteiger partial charge < -0.3 is 10.1 Å². The smallest absolute Gasteiger partial charge is 0.220 e. The first-order valence-corrected chi connectivity index (χ1v) is 7.32. The number of carbonyl (C=O) groups excluding carboxylic acids is 1. The second-order valence-corrected chi connectivity index (χ2v) is 4.97. The molecule has 1 N–H and O–H groups in total. The number of para-hydroxylation sites is 1. The van der Waals surface area contributed by atoms with E-state index < -0.39 is 5.82 Å². The van der Waals surface area contributed by atoms with E-state index in [1.165, 1.54) is 6.07 Å². The van der Waals surface area contributed by atoms with Crippen molar-refractivity contribution in [2.24, 2.45) is 0 Å². The molecule has 0 aromatic heterocycles. The third kappa shape index (κ3) is 5.44. The summed E-state index contributed by atoms with van der Waals surface area (Å²) in [5.74, 6) is -0.297. The molecular formula is C18H17FN2O2. The van der Waals surface area contributed by atoms with Crippen molar-refractivity contribution in [2.45, 2.75) is 19.4 Å². The summed E-state index contributed by atoms with van der Waals surface area (Å²) in [5.41, 5.74) is 1.52. The number of rotatable bonds is 7. The molecule has 1 amide bonds. The highest BCUT2D eigenvalue weighted by molar-refractivity contribution is 5.75. The zero-order valence-electron chi connectivity index (χ0n) is 12.6. The predicted octanol–water partition coefficient (Wildman–Crippen LogP) is 3.17. The third-order valence-electron chi connectivity index (χ3n) is 3.22. The molecule has 0 aliphatic heterocycles. The first kappa shape index (κ1) is 16.5. The lowest BCUT2D eigenvalue weighted by atomic mass is 10.1. The number of hydrogen-bond donors (Lipinski definition) is 1. The van der Waals surface area contributed by atoms with E-state index in [0.29, 0.717) is 24.9 Å². The Hall–Kier alpha value is -2.87. The Bertz CT molecular complexity index is 693. The van der Waals surface area contributed by atoms with E-state index in [1.54, 1.807) is 42.5 Å². The van der Waals surface area contributed by atoms with Crippen LogP contribution in [0.5, 0.6) is 5.75 Å². The number of nitrogens with zero attached hydrogens (tertiary/aromatic N) is 1. The second kappa shape index (κ2) is 8.54. The summed E-state index contributed by atoms with van der Waals surface area (Å²) in [6.45, 7) is 0.698. The van der Waals surface area contributed by atoms with Crippen LogP contribution >= 0.6 is 0 Å². The number of nitrogens with one attached hydrogen (secondary N) is 1. The van der Waals surface area contributed by atoms with Crippen molar-refractivity contribution in [2.75, 3.05) is 6.61 Å². The number of nitriles is 1. The summed E-state index contributed by atoms with van der Waals surface area (Å²) < 4.78 is 18.6. The molecule has 2 aromatic carbocycles. The van der Waals surface area contributed by atoms with E-state index in [2.05, 4.69) is 5.32 Å². The quantitative estimate of drug-likeness (QED) is 0.799. The highest BCUT2D eigenvalue weighted by Gasteiger charge is 2.04. The fourth-order valence-electron chi connectivity index (χ4n) is 1.96. The Balaban J connectivity index is 1.65. The molecule has 0 aliphatic carbocycles. The highest BCUT2D eigenvalue weighted by atomic mass is 19.1. The van der Waals surface area contributed by atoms with Crippen molar-refractivity contribution >= 4 is 5.91 Å². The topological polar surface area (TPSA) is 62.1 Å². The van der Waals surface area contributed by atoms with E-state index in [-0.39, 0.29) is 18.3 Å². The van der Waals surface area contributed by atoms with Crippen molar-refractivity contribution in [1.29, 1.82) is 5.26 Å². The van der Waals surface area contributed by atoms with Gasteiger partial charge in [-0.15, -0.1) is 0 Å². The van der Waals surface area contributed by atoms with Crippen LogP contribution in [0.2, 0.25) is 0 Å². The maximum atomic E-state index is 13.3. The normalized spacial score (nSPS) is 9.91. The van der Waals surface area contributed by atoms with Crippen LogP contribution in [0, 0.1) is 17.1 Å². The Morgan fingerprint density at radius 2 is 1.91 bits per heavy atom. The first-order chi connectivity index (χ1) is 11.2. The molecule has 0 aliphatic rings. The number of amides is 1. The Kier molecular flexibility index (Phi) is 6.13. The van der Waals surface area contributed by atoms with Crippen LogP contribution in [0.1, 0.15) is 24.0 Å². The minimum Gasteiger partial charge on any atom is -0.491 e. The molecule has 0 unspecified atom stereocenters. The summed E-state index contributed by atoms with van der Waals surface area (Å²) in [4.78, 5) is 11.7. The molecule has 0 fully saturated rings. The molecule has 0 bridgehead atoms. The first-order valence-electron chi connectivity index (χ1n) is 7.32. The van der Waals surface area contributed by atoms with Gasteiger partial charge in [0.05, 0.1) is 18.2 Å². The molecule has 2 aromatic rings. The lowest BCUT2D eigenvalue weighted by Gasteiger charge is -2.08. The summed E-state index contributed by atoms with van der Waals surface area (Å²) in [6.07, 6.45) is 0.818. The predicted molar refractivity (Wildman–Crippen MR) is 84.1 cm³/mol. The molecule has 5 heteroatoms. The van der Waals surface area contributed by atoms with Crippen molar-refractivity contribution < 1.29 is 13.9 Å². The van der Waals surface area contributed by atoms with Crippen molar-refractivity contribution in [1.82, 2.24) is 5.32 Å². The molecule has 0 atom stereocenters. The number of halogens is 1. The fraction of sp³-hybridized carbons (Fsp3) is 0.222. The van der Waals surface area contributed by atoms with Crippen LogP contribution in [0.3, 0.4) is 0 Å². The van der Waals surface area contributed by atoms with Gasteiger partial charge in [-0.2, -0.15) is 5.26 Å². The van der Waals surface area contributed by atoms with E-state index in [4.69, 9.17) is 10.00 Å². The molecule has 0 saturated heterocycles. The lowest BCUT2D eigenvalue weighted by Crippen LogP contribution is -2.23. The van der Waals surface area contributed by atoms with Gasteiger partial charge in [0.15, 0.2) is 11.6 Å². The summed E-state index contributed by atoms with van der Waals surface area (Å²) >= 11 is 0. The second-order valence-electron chi connectivity index (χ2n) is 4.97. The van der Waals surface area contributed by atoms with Crippen molar-refractivity contribution in [3.05, 3.63) is 65.5 Å². The van der Waals surface area contributed by atoms with Crippen LogP contribution in [0.25, 0.3) is 0 Å². The Labute approximate surface area is 134 Å². The third-order valence-corrected chi connectivity index (χ3v) is 3.22. The van der Waals surface area contributed by atoms with E-state index >= 15 is 0 Å². The average Bonchev–Trinajstić information content (AvgIpc) is 2.59. The van der Waals surface area contributed by atoms with Gasteiger partial charge in [0.1, 0.15) is 0 Å². The fourth-order valence-corrected chi connectivity index (χ4v) is 1.96. The number of hydrogen-bond acceptors (Lipinski definition) is 3. The SMILES string of the molecule is N#Cc1ccc(CNC(=O)CCCOc2ccccc2F)cc1. The standard InChI is InChI=1S/C18H17FN2O2/c19-16-4-1-2-5-17(16)23-11-3-6-18(22)21-13-15-9-7-14(12-20)8-10-15/h1-2,4-5,7-10H,3,6,11,13H2,(H,21,22). The molecular weight excluding hydrogens is 295 g/mol. The van der Waals surface area contributed by atoms with Gasteiger partial charge in [-0.25, -0.2) is 4.39 Å². The molecule has 0 spiro atoms. The zero-order valence-corrected chi connectivity index (χ0v) is 12.6. The summed E-state index contributed by atoms with van der Waals surface area (Å²) in [5, 5.41) is 11.5. The molecule has 118 valence electrons. The van der Waals surface area contributed by atoms with Gasteiger partial charge in [0.25, 0.3) is 0 Å². The van der Waals surface area contributed by atoms with Crippen LogP contribution in [-0.4, -0.2) is 12.5 Å². The maximum absolute atomic E-state index is 13.3. The molecule has 0 radical (unpaired) electrons. The maximum Gasteiger partial charge on any atom is 0.220 e. The number of benzene rings is 2. The van der Waals surface area contributed by atoms with Crippen molar-refractivity contribution in [3.8, 4) is 11.8 Å². The molecule has 0 heterocycles. The van der Waals surface area contributed by atoms with E-state index in [9.17, 15) is 9.18 Å². The lowest BCUT2D eigenvalue weighted by molar-refractivity contribution is -0.121. The minimum absolute atomic E-state index is 0.0912. The van der Waals surface area contributed by atoms with Crippen LogP contribution in [0.15, 0.2) is 48.5 Å². The molecule has 2 rings (SSSR count). The summed E-state index contributed by atoms with van der Waals surface area (Å²) in [6, 6.07) is 15.3. The van der Waals surface area contributed by atoms with Crippen LogP contribution < -0.4 is 10.1 Å². The van der Waals surface area contributed by atoms with Gasteiger partial charge in [-0.05, 0) is 36.2 Å². The van der Waals surface area contributed by atoms with Gasteiger partial charge in [0.2, 0.25) is 5.91 Å². The Morgan fingerprint density at radius 1 is 1.17 bits per heavy atom. The molecule has 23 heavy (non-hydrogen) atoms. The highest BCUT2D eigenvalue weighted by Crippen LogP contribution is 2.15.